The Labute approximate surface area is 123 Å². The van der Waals surface area contributed by atoms with Crippen molar-refractivity contribution in [2.45, 2.75) is 32.6 Å². The molecule has 1 aromatic heterocycles. The molecular weight excluding hydrogens is 302 g/mol. The molecule has 2 aromatic rings. The zero-order valence-electron chi connectivity index (χ0n) is 11.5. The summed E-state index contributed by atoms with van der Waals surface area (Å²) in [5.74, 6) is 1.56. The van der Waals surface area contributed by atoms with Crippen LogP contribution >= 0.6 is 15.9 Å². The molecule has 1 heterocycles. The minimum atomic E-state index is 0.204. The minimum absolute atomic E-state index is 0.204. The van der Waals surface area contributed by atoms with E-state index in [2.05, 4.69) is 53.8 Å². The Morgan fingerprint density at radius 3 is 2.37 bits per heavy atom. The highest BCUT2D eigenvalue weighted by atomic mass is 79.9. The van der Waals surface area contributed by atoms with Gasteiger partial charge in [-0.25, -0.2) is 0 Å². The van der Waals surface area contributed by atoms with E-state index in [0.29, 0.717) is 0 Å². The molecule has 100 valence electrons. The van der Waals surface area contributed by atoms with Crippen LogP contribution in [0.2, 0.25) is 0 Å². The third kappa shape index (κ3) is 3.57. The molecule has 2 rings (SSSR count). The number of halogens is 1. The molecule has 0 fully saturated rings. The quantitative estimate of drug-likeness (QED) is 0.760. The number of ether oxygens (including phenoxy) is 1. The van der Waals surface area contributed by atoms with Gasteiger partial charge >= 0.3 is 0 Å². The Morgan fingerprint density at radius 1 is 1.11 bits per heavy atom. The number of nitrogens with zero attached hydrogens (tertiary/aromatic N) is 1. The van der Waals surface area contributed by atoms with Crippen molar-refractivity contribution < 1.29 is 4.74 Å². The minimum Gasteiger partial charge on any atom is -0.456 e. The molecule has 0 amide bonds. The second-order valence-corrected chi connectivity index (χ2v) is 6.12. The van der Waals surface area contributed by atoms with E-state index in [1.165, 1.54) is 5.56 Å². The molecule has 0 unspecified atom stereocenters. The van der Waals surface area contributed by atoms with Crippen molar-refractivity contribution in [3.63, 3.8) is 0 Å². The van der Waals surface area contributed by atoms with Crippen molar-refractivity contribution in [3.05, 3.63) is 52.8 Å². The molecule has 19 heavy (non-hydrogen) atoms. The van der Waals surface area contributed by atoms with Gasteiger partial charge in [0.05, 0.1) is 6.20 Å². The highest BCUT2D eigenvalue weighted by Gasteiger charge is 2.17. The Bertz CT molecular complexity index is 549. The maximum Gasteiger partial charge on any atom is 0.146 e. The number of aromatic nitrogens is 1. The largest absolute Gasteiger partial charge is 0.456 e. The highest BCUT2D eigenvalue weighted by molar-refractivity contribution is 9.10. The fourth-order valence-electron chi connectivity index (χ4n) is 1.76. The van der Waals surface area contributed by atoms with Crippen LogP contribution in [-0.4, -0.2) is 4.98 Å². The Kier molecular flexibility index (Phi) is 4.25. The van der Waals surface area contributed by atoms with Crippen molar-refractivity contribution in [2.24, 2.45) is 0 Å². The lowest BCUT2D eigenvalue weighted by atomic mass is 9.82. The first-order valence-electron chi connectivity index (χ1n) is 6.40. The van der Waals surface area contributed by atoms with E-state index >= 15 is 0 Å². The van der Waals surface area contributed by atoms with Crippen molar-refractivity contribution in [3.8, 4) is 11.5 Å². The van der Waals surface area contributed by atoms with Crippen LogP contribution in [0.15, 0.2) is 47.2 Å². The van der Waals surface area contributed by atoms with Crippen LogP contribution in [-0.2, 0) is 5.41 Å². The van der Waals surface area contributed by atoms with Crippen LogP contribution in [0, 0.1) is 0 Å². The zero-order valence-corrected chi connectivity index (χ0v) is 13.1. The molecule has 0 bridgehead atoms. The predicted octanol–water partition coefficient (Wildman–Crippen LogP) is 5.32. The number of rotatable bonds is 4. The molecule has 0 spiro atoms. The summed E-state index contributed by atoms with van der Waals surface area (Å²) in [5, 5.41) is 0. The standard InChI is InChI=1S/C16H18BrNO/c1-4-16(2,3)12-5-7-14(8-6-12)19-15-9-13(17)10-18-11-15/h5-11H,4H2,1-3H3. The molecule has 1 aromatic carbocycles. The van der Waals surface area contributed by atoms with Crippen LogP contribution < -0.4 is 4.74 Å². The summed E-state index contributed by atoms with van der Waals surface area (Å²) < 4.78 is 6.68. The van der Waals surface area contributed by atoms with Gasteiger partial charge in [0.2, 0.25) is 0 Å². The summed E-state index contributed by atoms with van der Waals surface area (Å²) in [5.41, 5.74) is 1.53. The lowest BCUT2D eigenvalue weighted by Crippen LogP contribution is -2.14. The number of pyridine rings is 1. The van der Waals surface area contributed by atoms with E-state index in [1.807, 2.05) is 18.2 Å². The first kappa shape index (κ1) is 14.1. The van der Waals surface area contributed by atoms with Crippen molar-refractivity contribution in [2.75, 3.05) is 0 Å². The third-order valence-corrected chi connectivity index (χ3v) is 3.87. The highest BCUT2D eigenvalue weighted by Crippen LogP contribution is 2.29. The SMILES string of the molecule is CCC(C)(C)c1ccc(Oc2cncc(Br)c2)cc1. The summed E-state index contributed by atoms with van der Waals surface area (Å²) in [7, 11) is 0. The van der Waals surface area contributed by atoms with E-state index in [4.69, 9.17) is 4.74 Å². The molecule has 0 aliphatic heterocycles. The van der Waals surface area contributed by atoms with Gasteiger partial charge in [-0.15, -0.1) is 0 Å². The third-order valence-electron chi connectivity index (χ3n) is 3.44. The van der Waals surface area contributed by atoms with Crippen molar-refractivity contribution in [1.82, 2.24) is 4.98 Å². The average Bonchev–Trinajstić information content (AvgIpc) is 2.39. The first-order chi connectivity index (χ1) is 9.01. The maximum atomic E-state index is 5.77. The van der Waals surface area contributed by atoms with Crippen LogP contribution in [0.4, 0.5) is 0 Å². The fourth-order valence-corrected chi connectivity index (χ4v) is 2.11. The monoisotopic (exact) mass is 319 g/mol. The van der Waals surface area contributed by atoms with Gasteiger partial charge in [0, 0.05) is 10.7 Å². The van der Waals surface area contributed by atoms with E-state index in [-0.39, 0.29) is 5.41 Å². The van der Waals surface area contributed by atoms with Crippen molar-refractivity contribution >= 4 is 15.9 Å². The van der Waals surface area contributed by atoms with Gasteiger partial charge in [-0.05, 0) is 51.5 Å². The molecule has 0 aliphatic carbocycles. The Balaban J connectivity index is 2.15. The number of benzene rings is 1. The summed E-state index contributed by atoms with van der Waals surface area (Å²) >= 11 is 3.38. The van der Waals surface area contributed by atoms with E-state index in [9.17, 15) is 0 Å². The van der Waals surface area contributed by atoms with E-state index in [0.717, 1.165) is 22.4 Å². The van der Waals surface area contributed by atoms with Gasteiger partial charge in [-0.1, -0.05) is 32.9 Å². The van der Waals surface area contributed by atoms with Gasteiger partial charge in [0.25, 0.3) is 0 Å². The summed E-state index contributed by atoms with van der Waals surface area (Å²) in [6.07, 6.45) is 4.55. The Morgan fingerprint density at radius 2 is 1.79 bits per heavy atom. The smallest absolute Gasteiger partial charge is 0.146 e. The van der Waals surface area contributed by atoms with Crippen LogP contribution in [0.1, 0.15) is 32.8 Å². The van der Waals surface area contributed by atoms with Gasteiger partial charge < -0.3 is 4.74 Å². The van der Waals surface area contributed by atoms with Gasteiger partial charge in [0.15, 0.2) is 0 Å². The summed E-state index contributed by atoms with van der Waals surface area (Å²) in [6.45, 7) is 6.71. The molecule has 0 aliphatic rings. The Hall–Kier alpha value is -1.35. The zero-order chi connectivity index (χ0) is 13.9. The topological polar surface area (TPSA) is 22.1 Å². The lowest BCUT2D eigenvalue weighted by Gasteiger charge is -2.23. The van der Waals surface area contributed by atoms with Gasteiger partial charge in [-0.3, -0.25) is 4.98 Å². The van der Waals surface area contributed by atoms with E-state index < -0.39 is 0 Å². The molecule has 0 saturated heterocycles. The second-order valence-electron chi connectivity index (χ2n) is 5.20. The fraction of sp³-hybridized carbons (Fsp3) is 0.312. The molecular formula is C16H18BrNO. The van der Waals surface area contributed by atoms with Crippen molar-refractivity contribution in [1.29, 1.82) is 0 Å². The molecule has 0 radical (unpaired) electrons. The maximum absolute atomic E-state index is 5.77. The average molecular weight is 320 g/mol. The molecule has 0 N–H and O–H groups in total. The van der Waals surface area contributed by atoms with Crippen LogP contribution in [0.25, 0.3) is 0 Å². The van der Waals surface area contributed by atoms with E-state index in [1.54, 1.807) is 12.4 Å². The second kappa shape index (κ2) is 5.74. The van der Waals surface area contributed by atoms with Gasteiger partial charge in [0.1, 0.15) is 11.5 Å². The summed E-state index contributed by atoms with van der Waals surface area (Å²) in [4.78, 5) is 4.08. The van der Waals surface area contributed by atoms with Crippen LogP contribution in [0.3, 0.4) is 0 Å². The normalized spacial score (nSPS) is 11.4. The molecule has 2 nitrogen and oxygen atoms in total. The number of hydrogen-bond donors (Lipinski definition) is 0. The lowest BCUT2D eigenvalue weighted by molar-refractivity contribution is 0.476. The summed E-state index contributed by atoms with van der Waals surface area (Å²) in [6, 6.07) is 10.2. The predicted molar refractivity (Wildman–Crippen MR) is 81.8 cm³/mol. The first-order valence-corrected chi connectivity index (χ1v) is 7.19. The number of hydrogen-bond acceptors (Lipinski definition) is 2. The molecule has 0 saturated carbocycles. The molecule has 0 atom stereocenters. The van der Waals surface area contributed by atoms with Crippen LogP contribution in [0.5, 0.6) is 11.5 Å². The molecule has 3 heteroatoms. The van der Waals surface area contributed by atoms with Gasteiger partial charge in [-0.2, -0.15) is 0 Å².